The normalized spacial score (nSPS) is 21.9. The maximum Gasteiger partial charge on any atom is 0.220 e. The number of carbonyl (C=O) groups excluding carboxylic acids is 1. The highest BCUT2D eigenvalue weighted by molar-refractivity contribution is 5.76. The minimum absolute atomic E-state index is 0.132. The number of unbranched alkanes of at least 4 members (excludes halogenated alkanes) is 26. The van der Waals surface area contributed by atoms with Gasteiger partial charge in [-0.05, 0) is 12.8 Å². The summed E-state index contributed by atoms with van der Waals surface area (Å²) in [5.74, 6) is -0.143. The summed E-state index contributed by atoms with van der Waals surface area (Å²) in [5.41, 5.74) is 0. The van der Waals surface area contributed by atoms with Crippen molar-refractivity contribution in [2.24, 2.45) is 0 Å². The second-order valence-corrected chi connectivity index (χ2v) is 15.5. The monoisotopic (exact) mass is 730 g/mol. The van der Waals surface area contributed by atoms with Gasteiger partial charge in [0.1, 0.15) is 24.4 Å². The fourth-order valence-corrected chi connectivity index (χ4v) is 7.16. The summed E-state index contributed by atoms with van der Waals surface area (Å²) in [5, 5.41) is 54.2. The lowest BCUT2D eigenvalue weighted by molar-refractivity contribution is -0.302. The maximum atomic E-state index is 12.9. The van der Waals surface area contributed by atoms with E-state index in [0.717, 1.165) is 38.5 Å². The topological polar surface area (TPSA) is 149 Å². The smallest absolute Gasteiger partial charge is 0.220 e. The van der Waals surface area contributed by atoms with Gasteiger partial charge in [-0.3, -0.25) is 4.79 Å². The standard InChI is InChI=1S/C42H83NO8/c1-3-5-7-9-11-13-15-17-18-19-20-21-23-25-27-29-31-36(45)35(34-50-42-41(49)40(48)39(47)37(33-44)51-42)43-38(46)32-30-28-26-24-22-16-14-12-10-8-6-4-2/h35-37,39-42,44-45,47-49H,3-34H2,1-2H3,(H,43,46). The molecule has 7 unspecified atom stereocenters. The van der Waals surface area contributed by atoms with E-state index < -0.39 is 49.5 Å². The Labute approximate surface area is 313 Å². The lowest BCUT2D eigenvalue weighted by Gasteiger charge is -2.40. The molecule has 9 heteroatoms. The minimum Gasteiger partial charge on any atom is -0.394 e. The highest BCUT2D eigenvalue weighted by atomic mass is 16.7. The van der Waals surface area contributed by atoms with Gasteiger partial charge in [-0.15, -0.1) is 0 Å². The van der Waals surface area contributed by atoms with Crippen molar-refractivity contribution in [2.75, 3.05) is 13.2 Å². The summed E-state index contributed by atoms with van der Waals surface area (Å²) in [4.78, 5) is 12.9. The molecule has 1 saturated heterocycles. The summed E-state index contributed by atoms with van der Waals surface area (Å²) in [6.45, 7) is 3.83. The van der Waals surface area contributed by atoms with Gasteiger partial charge < -0.3 is 40.3 Å². The van der Waals surface area contributed by atoms with Crippen LogP contribution in [0.2, 0.25) is 0 Å². The second kappa shape index (κ2) is 33.7. The van der Waals surface area contributed by atoms with Crippen LogP contribution >= 0.6 is 0 Å². The van der Waals surface area contributed by atoms with E-state index in [2.05, 4.69) is 19.2 Å². The molecule has 51 heavy (non-hydrogen) atoms. The van der Waals surface area contributed by atoms with E-state index in [4.69, 9.17) is 9.47 Å². The first-order valence-electron chi connectivity index (χ1n) is 21.7. The quantitative estimate of drug-likeness (QED) is 0.0353. The van der Waals surface area contributed by atoms with Crippen LogP contribution in [-0.4, -0.2) is 87.5 Å². The fourth-order valence-electron chi connectivity index (χ4n) is 7.16. The highest BCUT2D eigenvalue weighted by Gasteiger charge is 2.44. The average molecular weight is 730 g/mol. The van der Waals surface area contributed by atoms with Gasteiger partial charge in [0.15, 0.2) is 6.29 Å². The number of carbonyl (C=O) groups is 1. The van der Waals surface area contributed by atoms with E-state index in [9.17, 15) is 30.3 Å². The molecule has 0 aromatic carbocycles. The SMILES string of the molecule is CCCCCCCCCCCCCCCCCCC(O)C(COC1OC(CO)C(O)C(O)C1O)NC(=O)CCCCCCCCCCCCCC. The molecule has 0 aromatic heterocycles. The number of aliphatic hydroxyl groups excluding tert-OH is 5. The molecule has 1 fully saturated rings. The lowest BCUT2D eigenvalue weighted by Crippen LogP contribution is -2.60. The predicted octanol–water partition coefficient (Wildman–Crippen LogP) is 8.39. The van der Waals surface area contributed by atoms with Crippen LogP contribution in [0, 0.1) is 0 Å². The van der Waals surface area contributed by atoms with Crippen molar-refractivity contribution in [3.8, 4) is 0 Å². The van der Waals surface area contributed by atoms with Gasteiger partial charge in [0.25, 0.3) is 0 Å². The minimum atomic E-state index is -1.55. The van der Waals surface area contributed by atoms with Crippen LogP contribution in [-0.2, 0) is 14.3 Å². The summed E-state index contributed by atoms with van der Waals surface area (Å²) in [6, 6.07) is -0.710. The van der Waals surface area contributed by atoms with Gasteiger partial charge in [0, 0.05) is 6.42 Å². The third-order valence-electron chi connectivity index (χ3n) is 10.7. The second-order valence-electron chi connectivity index (χ2n) is 15.5. The van der Waals surface area contributed by atoms with Crippen molar-refractivity contribution in [3.05, 3.63) is 0 Å². The molecule has 1 amide bonds. The van der Waals surface area contributed by atoms with Gasteiger partial charge in [-0.2, -0.15) is 0 Å². The van der Waals surface area contributed by atoms with Crippen molar-refractivity contribution in [3.63, 3.8) is 0 Å². The van der Waals surface area contributed by atoms with Crippen molar-refractivity contribution in [1.82, 2.24) is 5.32 Å². The first-order chi connectivity index (χ1) is 24.8. The zero-order valence-corrected chi connectivity index (χ0v) is 33.1. The summed E-state index contributed by atoms with van der Waals surface area (Å²) in [7, 11) is 0. The Morgan fingerprint density at radius 2 is 0.980 bits per heavy atom. The maximum absolute atomic E-state index is 12.9. The number of hydrogen-bond donors (Lipinski definition) is 6. The number of aliphatic hydroxyl groups is 5. The van der Waals surface area contributed by atoms with Crippen LogP contribution < -0.4 is 5.32 Å². The van der Waals surface area contributed by atoms with Crippen LogP contribution in [0.4, 0.5) is 0 Å². The van der Waals surface area contributed by atoms with Crippen molar-refractivity contribution >= 4 is 5.91 Å². The predicted molar refractivity (Wildman–Crippen MR) is 208 cm³/mol. The Morgan fingerprint density at radius 3 is 1.39 bits per heavy atom. The number of nitrogens with one attached hydrogen (secondary N) is 1. The molecule has 1 aliphatic rings. The Hall–Kier alpha value is -0.810. The van der Waals surface area contributed by atoms with Crippen LogP contribution in [0.5, 0.6) is 0 Å². The molecule has 6 N–H and O–H groups in total. The van der Waals surface area contributed by atoms with E-state index in [1.807, 2.05) is 0 Å². The van der Waals surface area contributed by atoms with Gasteiger partial charge in [-0.1, -0.05) is 187 Å². The van der Waals surface area contributed by atoms with E-state index in [-0.39, 0.29) is 12.5 Å². The van der Waals surface area contributed by atoms with Crippen molar-refractivity contribution in [2.45, 2.75) is 249 Å². The van der Waals surface area contributed by atoms with E-state index in [0.29, 0.717) is 12.8 Å². The van der Waals surface area contributed by atoms with Crippen molar-refractivity contribution < 1.29 is 39.8 Å². The van der Waals surface area contributed by atoms with Crippen LogP contribution in [0.1, 0.15) is 206 Å². The highest BCUT2D eigenvalue weighted by Crippen LogP contribution is 2.23. The molecule has 1 aliphatic heterocycles. The third kappa shape index (κ3) is 25.0. The molecule has 304 valence electrons. The molecule has 9 nitrogen and oxygen atoms in total. The first kappa shape index (κ1) is 48.2. The molecule has 0 radical (unpaired) electrons. The van der Waals surface area contributed by atoms with E-state index in [1.165, 1.54) is 141 Å². The van der Waals surface area contributed by atoms with E-state index in [1.54, 1.807) is 0 Å². The number of ether oxygens (including phenoxy) is 2. The first-order valence-corrected chi connectivity index (χ1v) is 21.7. The Kier molecular flexibility index (Phi) is 31.9. The van der Waals surface area contributed by atoms with Crippen LogP contribution in [0.15, 0.2) is 0 Å². The fraction of sp³-hybridized carbons (Fsp3) is 0.976. The largest absolute Gasteiger partial charge is 0.394 e. The third-order valence-corrected chi connectivity index (χ3v) is 10.7. The van der Waals surface area contributed by atoms with Gasteiger partial charge in [-0.25, -0.2) is 0 Å². The number of rotatable bonds is 36. The zero-order chi connectivity index (χ0) is 37.4. The molecule has 0 bridgehead atoms. The average Bonchev–Trinajstić information content (AvgIpc) is 3.13. The molecule has 0 spiro atoms. The molecular weight excluding hydrogens is 646 g/mol. The molecule has 1 heterocycles. The molecule has 1 rings (SSSR count). The Balaban J connectivity index is 2.35. The van der Waals surface area contributed by atoms with Gasteiger partial charge in [0.05, 0.1) is 25.4 Å². The number of hydrogen-bond acceptors (Lipinski definition) is 8. The zero-order valence-electron chi connectivity index (χ0n) is 33.1. The van der Waals surface area contributed by atoms with Crippen LogP contribution in [0.3, 0.4) is 0 Å². The van der Waals surface area contributed by atoms with Crippen LogP contribution in [0.25, 0.3) is 0 Å². The molecule has 0 aliphatic carbocycles. The number of amides is 1. The molecule has 7 atom stereocenters. The van der Waals surface area contributed by atoms with Crippen molar-refractivity contribution in [1.29, 1.82) is 0 Å². The summed E-state index contributed by atoms with van der Waals surface area (Å²) in [6.07, 6.45) is 28.2. The molecule has 0 aromatic rings. The van der Waals surface area contributed by atoms with E-state index >= 15 is 0 Å². The molecular formula is C42H83NO8. The summed E-state index contributed by atoms with van der Waals surface area (Å²) >= 11 is 0. The summed E-state index contributed by atoms with van der Waals surface area (Å²) < 4.78 is 11.2. The Bertz CT molecular complexity index is 771. The lowest BCUT2D eigenvalue weighted by atomic mass is 9.99. The Morgan fingerprint density at radius 1 is 0.588 bits per heavy atom. The van der Waals surface area contributed by atoms with Gasteiger partial charge in [0.2, 0.25) is 5.91 Å². The van der Waals surface area contributed by atoms with Gasteiger partial charge >= 0.3 is 0 Å². The molecule has 0 saturated carbocycles.